The van der Waals surface area contributed by atoms with Crippen LogP contribution in [0.2, 0.25) is 0 Å². The minimum Gasteiger partial charge on any atom is -0.390 e. The molecule has 1 aliphatic carbocycles. The van der Waals surface area contributed by atoms with Gasteiger partial charge < -0.3 is 5.11 Å². The zero-order valence-electron chi connectivity index (χ0n) is 9.56. The maximum Gasteiger partial charge on any atom is 0.0670 e. The van der Waals surface area contributed by atoms with Gasteiger partial charge >= 0.3 is 0 Å². The number of hydrogen-bond acceptors (Lipinski definition) is 1. The molecular weight excluding hydrogens is 160 g/mol. The van der Waals surface area contributed by atoms with Crippen LogP contribution in [0, 0.1) is 11.3 Å². The summed E-state index contributed by atoms with van der Waals surface area (Å²) >= 11 is 0. The van der Waals surface area contributed by atoms with Crippen molar-refractivity contribution in [2.24, 2.45) is 11.3 Å². The predicted octanol–water partition coefficient (Wildman–Crippen LogP) is 3.36. The molecule has 0 saturated heterocycles. The molecule has 0 amide bonds. The van der Waals surface area contributed by atoms with Crippen LogP contribution in [-0.2, 0) is 0 Å². The summed E-state index contributed by atoms with van der Waals surface area (Å²) in [6.07, 6.45) is 6.37. The topological polar surface area (TPSA) is 20.2 Å². The van der Waals surface area contributed by atoms with Crippen molar-refractivity contribution in [3.63, 3.8) is 0 Å². The summed E-state index contributed by atoms with van der Waals surface area (Å²) < 4.78 is 0. The van der Waals surface area contributed by atoms with E-state index in [9.17, 15) is 5.11 Å². The highest BCUT2D eigenvalue weighted by Gasteiger charge is 2.37. The average Bonchev–Trinajstić information content (AvgIpc) is 2.35. The van der Waals surface area contributed by atoms with Crippen molar-refractivity contribution in [2.75, 3.05) is 0 Å². The Labute approximate surface area is 82.5 Å². The van der Waals surface area contributed by atoms with Crippen LogP contribution >= 0.6 is 0 Å². The highest BCUT2D eigenvalue weighted by Crippen LogP contribution is 2.39. The van der Waals surface area contributed by atoms with E-state index >= 15 is 0 Å². The van der Waals surface area contributed by atoms with Crippen molar-refractivity contribution >= 4 is 0 Å². The molecule has 1 nitrogen and oxygen atoms in total. The van der Waals surface area contributed by atoms with Crippen LogP contribution in [0.3, 0.4) is 0 Å². The summed E-state index contributed by atoms with van der Waals surface area (Å²) in [7, 11) is 0. The van der Waals surface area contributed by atoms with Crippen LogP contribution in [0.5, 0.6) is 0 Å². The Bertz CT molecular complexity index is 158. The molecule has 0 aliphatic heterocycles. The van der Waals surface area contributed by atoms with Crippen molar-refractivity contribution in [1.82, 2.24) is 0 Å². The lowest BCUT2D eigenvalue weighted by Crippen LogP contribution is -2.41. The molecule has 1 atom stereocenters. The third kappa shape index (κ3) is 2.70. The molecule has 0 radical (unpaired) electrons. The number of rotatable bonds is 2. The van der Waals surface area contributed by atoms with Gasteiger partial charge in [0.2, 0.25) is 0 Å². The largest absolute Gasteiger partial charge is 0.390 e. The standard InChI is InChI=1S/C12H24O/c1-11(2,3)12(4,13)9-10-7-5-6-8-10/h10,13H,5-9H2,1-4H3. The first-order valence-corrected chi connectivity index (χ1v) is 5.55. The van der Waals surface area contributed by atoms with Crippen molar-refractivity contribution in [3.05, 3.63) is 0 Å². The van der Waals surface area contributed by atoms with E-state index < -0.39 is 5.60 Å². The highest BCUT2D eigenvalue weighted by atomic mass is 16.3. The monoisotopic (exact) mass is 184 g/mol. The first-order chi connectivity index (χ1) is 5.83. The van der Waals surface area contributed by atoms with Crippen LogP contribution in [0.4, 0.5) is 0 Å². The van der Waals surface area contributed by atoms with E-state index in [4.69, 9.17) is 0 Å². The molecule has 0 aromatic heterocycles. The Morgan fingerprint density at radius 3 is 1.92 bits per heavy atom. The molecule has 78 valence electrons. The smallest absolute Gasteiger partial charge is 0.0670 e. The van der Waals surface area contributed by atoms with Gasteiger partial charge in [0.1, 0.15) is 0 Å². The van der Waals surface area contributed by atoms with Crippen LogP contribution in [0.25, 0.3) is 0 Å². The van der Waals surface area contributed by atoms with E-state index in [0.717, 1.165) is 12.3 Å². The zero-order chi connectivity index (χ0) is 10.1. The third-order valence-electron chi connectivity index (χ3n) is 3.78. The summed E-state index contributed by atoms with van der Waals surface area (Å²) in [5.74, 6) is 0.772. The van der Waals surface area contributed by atoms with E-state index in [-0.39, 0.29) is 5.41 Å². The molecule has 0 bridgehead atoms. The van der Waals surface area contributed by atoms with Gasteiger partial charge in [-0.05, 0) is 24.7 Å². The second-order valence-corrected chi connectivity index (χ2v) is 5.88. The van der Waals surface area contributed by atoms with Crippen LogP contribution in [0.1, 0.15) is 59.8 Å². The lowest BCUT2D eigenvalue weighted by Gasteiger charge is -2.39. The van der Waals surface area contributed by atoms with Crippen molar-refractivity contribution in [1.29, 1.82) is 0 Å². The van der Waals surface area contributed by atoms with Gasteiger partial charge in [-0.25, -0.2) is 0 Å². The SMILES string of the molecule is CC(C)(C)C(C)(O)CC1CCCC1. The molecule has 13 heavy (non-hydrogen) atoms. The lowest BCUT2D eigenvalue weighted by molar-refractivity contribution is -0.0591. The Hall–Kier alpha value is -0.0400. The maximum atomic E-state index is 10.3. The molecule has 1 saturated carbocycles. The number of hydrogen-bond donors (Lipinski definition) is 1. The summed E-state index contributed by atoms with van der Waals surface area (Å²) in [4.78, 5) is 0. The van der Waals surface area contributed by atoms with Crippen molar-refractivity contribution < 1.29 is 5.11 Å². The summed E-state index contributed by atoms with van der Waals surface area (Å²) in [6, 6.07) is 0. The summed E-state index contributed by atoms with van der Waals surface area (Å²) in [5.41, 5.74) is -0.488. The lowest BCUT2D eigenvalue weighted by atomic mass is 9.73. The molecule has 0 spiro atoms. The van der Waals surface area contributed by atoms with Crippen molar-refractivity contribution in [3.8, 4) is 0 Å². The average molecular weight is 184 g/mol. The molecule has 1 heteroatoms. The van der Waals surface area contributed by atoms with E-state index in [0.29, 0.717) is 0 Å². The number of aliphatic hydroxyl groups is 1. The Balaban J connectivity index is 2.50. The van der Waals surface area contributed by atoms with Gasteiger partial charge in [0.05, 0.1) is 5.60 Å². The fourth-order valence-corrected chi connectivity index (χ4v) is 2.08. The Kier molecular flexibility index (Phi) is 3.06. The van der Waals surface area contributed by atoms with Gasteiger partial charge in [-0.15, -0.1) is 0 Å². The molecule has 0 heterocycles. The molecule has 1 unspecified atom stereocenters. The molecule has 1 aliphatic rings. The highest BCUT2D eigenvalue weighted by molar-refractivity contribution is 4.89. The summed E-state index contributed by atoms with van der Waals surface area (Å²) in [6.45, 7) is 8.37. The minimum absolute atomic E-state index is 0.00951. The Morgan fingerprint density at radius 1 is 1.08 bits per heavy atom. The van der Waals surface area contributed by atoms with E-state index in [1.165, 1.54) is 25.7 Å². The summed E-state index contributed by atoms with van der Waals surface area (Å²) in [5, 5.41) is 10.3. The fourth-order valence-electron chi connectivity index (χ4n) is 2.08. The Morgan fingerprint density at radius 2 is 1.54 bits per heavy atom. The van der Waals surface area contributed by atoms with E-state index in [1.54, 1.807) is 0 Å². The van der Waals surface area contributed by atoms with Crippen LogP contribution in [0.15, 0.2) is 0 Å². The first-order valence-electron chi connectivity index (χ1n) is 5.55. The van der Waals surface area contributed by atoms with Gasteiger partial charge in [0.15, 0.2) is 0 Å². The van der Waals surface area contributed by atoms with Gasteiger partial charge in [-0.2, -0.15) is 0 Å². The first kappa shape index (κ1) is 11.0. The van der Waals surface area contributed by atoms with Crippen LogP contribution < -0.4 is 0 Å². The molecule has 1 N–H and O–H groups in total. The maximum absolute atomic E-state index is 10.3. The third-order valence-corrected chi connectivity index (χ3v) is 3.78. The van der Waals surface area contributed by atoms with Gasteiger partial charge in [-0.1, -0.05) is 46.5 Å². The molecule has 1 rings (SSSR count). The quantitative estimate of drug-likeness (QED) is 0.697. The second-order valence-electron chi connectivity index (χ2n) is 5.88. The molecule has 0 aromatic rings. The van der Waals surface area contributed by atoms with E-state index in [1.807, 2.05) is 6.92 Å². The molecule has 0 aromatic carbocycles. The second kappa shape index (κ2) is 3.61. The van der Waals surface area contributed by atoms with Crippen LogP contribution in [-0.4, -0.2) is 10.7 Å². The van der Waals surface area contributed by atoms with Gasteiger partial charge in [0.25, 0.3) is 0 Å². The van der Waals surface area contributed by atoms with E-state index in [2.05, 4.69) is 20.8 Å². The van der Waals surface area contributed by atoms with Gasteiger partial charge in [0, 0.05) is 0 Å². The molecule has 1 fully saturated rings. The van der Waals surface area contributed by atoms with Crippen molar-refractivity contribution in [2.45, 2.75) is 65.4 Å². The van der Waals surface area contributed by atoms with Gasteiger partial charge in [-0.3, -0.25) is 0 Å². The predicted molar refractivity (Wildman–Crippen MR) is 56.7 cm³/mol. The normalized spacial score (nSPS) is 24.7. The zero-order valence-corrected chi connectivity index (χ0v) is 9.56. The minimum atomic E-state index is -0.498. The molecular formula is C12H24O. The fraction of sp³-hybridized carbons (Fsp3) is 1.00.